The number of para-hydroxylation sites is 2. The van der Waals surface area contributed by atoms with Gasteiger partial charge in [0.2, 0.25) is 0 Å². The van der Waals surface area contributed by atoms with Gasteiger partial charge in [-0.3, -0.25) is 0 Å². The molecule has 4 saturated carbocycles. The van der Waals surface area contributed by atoms with Crippen LogP contribution in [0, 0.1) is 29.1 Å². The first-order valence-corrected chi connectivity index (χ1v) is 28.3. The van der Waals surface area contributed by atoms with Crippen molar-refractivity contribution in [3.8, 4) is 55.6 Å². The lowest BCUT2D eigenvalue weighted by Gasteiger charge is -2.92. The zero-order chi connectivity index (χ0) is 51.7. The monoisotopic (exact) mass is 993 g/mol. The Morgan fingerprint density at radius 2 is 1.00 bits per heavy atom. The van der Waals surface area contributed by atoms with Crippen molar-refractivity contribution in [2.24, 2.45) is 29.1 Å². The lowest BCUT2D eigenvalue weighted by Crippen LogP contribution is -2.88. The molecule has 4 unspecified atom stereocenters. The van der Waals surface area contributed by atoms with Gasteiger partial charge < -0.3 is 9.32 Å². The Kier molecular flexibility index (Phi) is 9.31. The number of fused-ring (bicyclic) bond motifs is 11. The van der Waals surface area contributed by atoms with Crippen LogP contribution >= 0.6 is 0 Å². The van der Waals surface area contributed by atoms with Crippen LogP contribution in [0.3, 0.4) is 0 Å². The summed E-state index contributed by atoms with van der Waals surface area (Å²) in [6, 6.07) is 80.5. The molecule has 10 aromatic carbocycles. The van der Waals surface area contributed by atoms with Gasteiger partial charge in [-0.05, 0) is 191 Å². The van der Waals surface area contributed by atoms with E-state index in [-0.39, 0.29) is 16.2 Å². The molecular formula is C75H63NO. The second-order valence-electron chi connectivity index (χ2n) is 25.6. The van der Waals surface area contributed by atoms with Gasteiger partial charge in [0.15, 0.2) is 0 Å². The highest BCUT2D eigenvalue weighted by atomic mass is 16.3. The van der Waals surface area contributed by atoms with Crippen LogP contribution in [0.1, 0.15) is 83.1 Å². The van der Waals surface area contributed by atoms with Gasteiger partial charge in [-0.25, -0.2) is 0 Å². The third-order valence-corrected chi connectivity index (χ3v) is 20.1. The molecule has 16 rings (SSSR count). The van der Waals surface area contributed by atoms with Crippen LogP contribution < -0.4 is 4.90 Å². The second kappa shape index (κ2) is 15.8. The van der Waals surface area contributed by atoms with E-state index in [0.717, 1.165) is 73.8 Å². The first-order chi connectivity index (χ1) is 37.4. The molecule has 2 heteroatoms. The Hall–Kier alpha value is -7.94. The van der Waals surface area contributed by atoms with Crippen LogP contribution in [0.2, 0.25) is 0 Å². The van der Waals surface area contributed by atoms with Crippen LogP contribution in [-0.4, -0.2) is 0 Å². The average Bonchev–Trinajstić information content (AvgIpc) is 1.76. The van der Waals surface area contributed by atoms with Gasteiger partial charge in [-0.1, -0.05) is 205 Å². The van der Waals surface area contributed by atoms with E-state index >= 15 is 0 Å². The smallest absolute Gasteiger partial charge is 0.136 e. The molecule has 0 saturated heterocycles. The largest absolute Gasteiger partial charge is 0.456 e. The quantitative estimate of drug-likeness (QED) is 0.158. The van der Waals surface area contributed by atoms with Crippen molar-refractivity contribution in [2.75, 3.05) is 4.90 Å². The summed E-state index contributed by atoms with van der Waals surface area (Å²) in [6.07, 6.45) is 4.31. The molecule has 0 radical (unpaired) electrons. The fourth-order valence-electron chi connectivity index (χ4n) is 16.6. The van der Waals surface area contributed by atoms with Crippen molar-refractivity contribution in [1.82, 2.24) is 0 Å². The summed E-state index contributed by atoms with van der Waals surface area (Å²) in [7, 11) is 0. The van der Waals surface area contributed by atoms with E-state index in [4.69, 9.17) is 4.42 Å². The number of nitrogens with zero attached hydrogens (tertiary/aromatic N) is 1. The summed E-state index contributed by atoms with van der Waals surface area (Å²) in [6.45, 7) is 14.0. The van der Waals surface area contributed by atoms with E-state index in [1.807, 2.05) is 0 Å². The SMILES string of the molecule is CC(C)(C)c1cc(-c2cccc3cccc(-c4ccccc4N(c4ccc(-c5ccc6c(c5)C5(c7ccccc7-6)C6CC7CC8CC5C786)cc4)c4cccc(-c5cccc6oc7ccccc7c56)c4)c23)cc(C(C)(C)C)c1. The topological polar surface area (TPSA) is 16.4 Å². The van der Waals surface area contributed by atoms with Crippen LogP contribution in [0.5, 0.6) is 0 Å². The summed E-state index contributed by atoms with van der Waals surface area (Å²) >= 11 is 0. The number of hydrogen-bond donors (Lipinski definition) is 0. The Balaban J connectivity index is 0.863. The molecule has 2 nitrogen and oxygen atoms in total. The summed E-state index contributed by atoms with van der Waals surface area (Å²) in [4.78, 5) is 2.50. The summed E-state index contributed by atoms with van der Waals surface area (Å²) < 4.78 is 6.45. The summed E-state index contributed by atoms with van der Waals surface area (Å²) in [5, 5.41) is 4.76. The molecule has 4 atom stereocenters. The van der Waals surface area contributed by atoms with E-state index in [1.54, 1.807) is 11.1 Å². The van der Waals surface area contributed by atoms with Crippen LogP contribution in [0.25, 0.3) is 88.3 Å². The molecule has 11 aromatic rings. The van der Waals surface area contributed by atoms with Crippen molar-refractivity contribution in [3.63, 3.8) is 0 Å². The Morgan fingerprint density at radius 1 is 0.403 bits per heavy atom. The molecule has 0 N–H and O–H groups in total. The molecule has 0 bridgehead atoms. The van der Waals surface area contributed by atoms with Gasteiger partial charge in [0.25, 0.3) is 0 Å². The maximum Gasteiger partial charge on any atom is 0.136 e. The number of anilines is 3. The molecule has 5 aliphatic rings. The molecule has 0 aliphatic heterocycles. The first kappa shape index (κ1) is 45.3. The van der Waals surface area contributed by atoms with E-state index in [9.17, 15) is 0 Å². The Bertz CT molecular complexity index is 4210. The van der Waals surface area contributed by atoms with Gasteiger partial charge >= 0.3 is 0 Å². The average molecular weight is 994 g/mol. The lowest BCUT2D eigenvalue weighted by molar-refractivity contribution is -0.412. The van der Waals surface area contributed by atoms with Gasteiger partial charge in [0, 0.05) is 33.1 Å². The maximum absolute atomic E-state index is 6.45. The normalized spacial score (nSPS) is 22.4. The minimum Gasteiger partial charge on any atom is -0.456 e. The highest BCUT2D eigenvalue weighted by molar-refractivity contribution is 6.13. The minimum atomic E-state index is -0.0125. The maximum atomic E-state index is 6.45. The number of benzene rings is 10. The van der Waals surface area contributed by atoms with Crippen molar-refractivity contribution in [3.05, 3.63) is 235 Å². The second-order valence-corrected chi connectivity index (χ2v) is 25.6. The third kappa shape index (κ3) is 6.13. The van der Waals surface area contributed by atoms with E-state index in [0.29, 0.717) is 5.41 Å². The van der Waals surface area contributed by atoms with Crippen LogP contribution in [-0.2, 0) is 16.2 Å². The van der Waals surface area contributed by atoms with Crippen molar-refractivity contribution in [1.29, 1.82) is 0 Å². The third-order valence-electron chi connectivity index (χ3n) is 20.1. The Labute approximate surface area is 453 Å². The van der Waals surface area contributed by atoms with Crippen molar-refractivity contribution < 1.29 is 4.42 Å². The molecule has 77 heavy (non-hydrogen) atoms. The van der Waals surface area contributed by atoms with Crippen LogP contribution in [0.15, 0.2) is 217 Å². The lowest BCUT2D eigenvalue weighted by atomic mass is 9.11. The molecule has 0 amide bonds. The van der Waals surface area contributed by atoms with Crippen molar-refractivity contribution in [2.45, 2.75) is 77.0 Å². The highest BCUT2D eigenvalue weighted by Crippen LogP contribution is 2.94. The number of hydrogen-bond acceptors (Lipinski definition) is 2. The molecular weight excluding hydrogens is 931 g/mol. The summed E-state index contributed by atoms with van der Waals surface area (Å²) in [5.74, 6) is 3.57. The van der Waals surface area contributed by atoms with Crippen LogP contribution in [0.4, 0.5) is 17.1 Å². The van der Waals surface area contributed by atoms with E-state index < -0.39 is 0 Å². The summed E-state index contributed by atoms with van der Waals surface area (Å²) in [5.41, 5.74) is 24.6. The predicted octanol–water partition coefficient (Wildman–Crippen LogP) is 20.4. The molecule has 4 fully saturated rings. The van der Waals surface area contributed by atoms with Gasteiger partial charge in [-0.15, -0.1) is 0 Å². The zero-order valence-electron chi connectivity index (χ0n) is 45.0. The van der Waals surface area contributed by atoms with Crippen molar-refractivity contribution >= 4 is 49.8 Å². The molecule has 2 spiro atoms. The fraction of sp³-hybridized carbons (Fsp3) is 0.227. The Morgan fingerprint density at radius 3 is 1.74 bits per heavy atom. The van der Waals surface area contributed by atoms with Gasteiger partial charge in [-0.2, -0.15) is 0 Å². The molecule has 1 heterocycles. The van der Waals surface area contributed by atoms with E-state index in [1.165, 1.54) is 85.7 Å². The fourth-order valence-corrected chi connectivity index (χ4v) is 16.6. The first-order valence-electron chi connectivity index (χ1n) is 28.3. The zero-order valence-corrected chi connectivity index (χ0v) is 45.0. The number of rotatable bonds is 7. The minimum absolute atomic E-state index is 0.0125. The van der Waals surface area contributed by atoms with E-state index in [2.05, 4.69) is 259 Å². The number of furan rings is 1. The van der Waals surface area contributed by atoms with Gasteiger partial charge in [0.1, 0.15) is 11.2 Å². The molecule has 374 valence electrons. The predicted molar refractivity (Wildman–Crippen MR) is 322 cm³/mol. The van der Waals surface area contributed by atoms with Gasteiger partial charge in [0.05, 0.1) is 5.69 Å². The molecule has 1 aromatic heterocycles. The standard InChI is InChI=1S/C75H63NO/c1-72(2,3)50-37-49(38-51(41-50)73(4,5)6)57-24-14-17-46-18-15-26-61(70(46)57)60-22-8-11-28-65(60)76(55-20-13-19-48(39-55)56-25-16-30-67-71(56)62-23-9-12-29-66(62)77-67)54-34-31-45(32-35-54)47-33-36-59-58-21-7-10-27-63(58)75(64(59)40-47)68-43-52-42-53-44-69(75)74(52,53)68/h7-41,52-53,68-69H,42-44H2,1-6H3. The highest BCUT2D eigenvalue weighted by Gasteiger charge is 2.90. The molecule has 5 aliphatic carbocycles.